The molecule has 4 rings (SSSR count). The van der Waals surface area contributed by atoms with E-state index in [-0.39, 0.29) is 18.4 Å². The summed E-state index contributed by atoms with van der Waals surface area (Å²) in [4.78, 5) is 33.8. The molecule has 2 amide bonds. The van der Waals surface area contributed by atoms with E-state index in [1.165, 1.54) is 16.2 Å². The van der Waals surface area contributed by atoms with Crippen molar-refractivity contribution in [2.75, 3.05) is 15.1 Å². The van der Waals surface area contributed by atoms with E-state index in [4.69, 9.17) is 15.9 Å². The number of anilines is 3. The number of guanidine groups is 1. The van der Waals surface area contributed by atoms with Crippen molar-refractivity contribution in [1.29, 1.82) is 5.41 Å². The number of nitrogens with two attached hydrogens (primary N) is 1. The highest BCUT2D eigenvalue weighted by Gasteiger charge is 2.36. The summed E-state index contributed by atoms with van der Waals surface area (Å²) >= 11 is 1.33. The van der Waals surface area contributed by atoms with Crippen molar-refractivity contribution in [2.24, 2.45) is 5.73 Å². The van der Waals surface area contributed by atoms with E-state index in [1.807, 2.05) is 42.5 Å². The molecule has 4 N–H and O–H groups in total. The van der Waals surface area contributed by atoms with E-state index in [0.717, 1.165) is 16.8 Å². The number of nitrogens with one attached hydrogen (secondary N) is 2. The van der Waals surface area contributed by atoms with Gasteiger partial charge in [0.1, 0.15) is 11.6 Å². The fourth-order valence-electron chi connectivity index (χ4n) is 4.19. The molecule has 0 bridgehead atoms. The van der Waals surface area contributed by atoms with Gasteiger partial charge in [0.25, 0.3) is 5.91 Å². The Morgan fingerprint density at radius 3 is 2.75 bits per heavy atom. The van der Waals surface area contributed by atoms with Crippen LogP contribution in [-0.4, -0.2) is 34.6 Å². The topological polar surface area (TPSA) is 125 Å². The Balaban J connectivity index is 1.64. The zero-order chi connectivity index (χ0) is 25.9. The summed E-state index contributed by atoms with van der Waals surface area (Å²) in [5, 5.41) is 13.2. The first kappa shape index (κ1) is 25.2. The van der Waals surface area contributed by atoms with Crippen LogP contribution in [0, 0.1) is 5.41 Å². The number of fused-ring (bicyclic) bond motifs is 1. The van der Waals surface area contributed by atoms with Crippen LogP contribution in [0.4, 0.5) is 21.3 Å². The number of carbonyl (C=O) groups is 2. The quantitative estimate of drug-likeness (QED) is 0.339. The average molecular weight is 507 g/mol. The maximum absolute atomic E-state index is 14.0. The Morgan fingerprint density at radius 1 is 1.28 bits per heavy atom. The van der Waals surface area contributed by atoms with Gasteiger partial charge in [-0.2, -0.15) is 0 Å². The summed E-state index contributed by atoms with van der Waals surface area (Å²) < 4.78 is 5.35. The molecule has 1 unspecified atom stereocenters. The fourth-order valence-corrected chi connectivity index (χ4v) is 4.90. The molecule has 36 heavy (non-hydrogen) atoms. The third-order valence-electron chi connectivity index (χ3n) is 5.63. The van der Waals surface area contributed by atoms with Crippen molar-refractivity contribution in [3.8, 4) is 0 Å². The number of nitrogens with zero attached hydrogens (tertiary/aromatic N) is 3. The average Bonchev–Trinajstić information content (AvgIpc) is 3.28. The van der Waals surface area contributed by atoms with Crippen LogP contribution in [-0.2, 0) is 22.5 Å². The van der Waals surface area contributed by atoms with Gasteiger partial charge in [0.05, 0.1) is 6.54 Å². The van der Waals surface area contributed by atoms with Crippen molar-refractivity contribution in [2.45, 2.75) is 51.8 Å². The number of aromatic nitrogens is 1. The number of hydrogen-bond acceptors (Lipinski definition) is 6. The van der Waals surface area contributed by atoms with Crippen molar-refractivity contribution >= 4 is 45.8 Å². The third kappa shape index (κ3) is 5.83. The first-order valence-corrected chi connectivity index (χ1v) is 12.5. The minimum atomic E-state index is -0.677. The number of para-hydroxylation sites is 1. The highest BCUT2D eigenvalue weighted by molar-refractivity contribution is 7.13. The van der Waals surface area contributed by atoms with Crippen LogP contribution < -0.4 is 20.9 Å². The van der Waals surface area contributed by atoms with E-state index >= 15 is 0 Å². The Hall–Kier alpha value is -3.92. The summed E-state index contributed by atoms with van der Waals surface area (Å²) in [6.45, 7) is 5.69. The predicted molar refractivity (Wildman–Crippen MR) is 143 cm³/mol. The van der Waals surface area contributed by atoms with Gasteiger partial charge in [-0.15, -0.1) is 11.3 Å². The van der Waals surface area contributed by atoms with Gasteiger partial charge in [-0.05, 0) is 62.9 Å². The molecule has 10 heteroatoms. The number of rotatable bonds is 5. The minimum absolute atomic E-state index is 0.171. The molecule has 0 saturated heterocycles. The van der Waals surface area contributed by atoms with Gasteiger partial charge in [-0.1, -0.05) is 30.3 Å². The number of thiazole rings is 1. The van der Waals surface area contributed by atoms with E-state index in [9.17, 15) is 9.59 Å². The van der Waals surface area contributed by atoms with Crippen molar-refractivity contribution < 1.29 is 14.3 Å². The molecule has 3 aromatic rings. The number of amides is 2. The fraction of sp³-hybridized carbons (Fsp3) is 0.308. The van der Waals surface area contributed by atoms with Gasteiger partial charge >= 0.3 is 6.09 Å². The lowest BCUT2D eigenvalue weighted by Crippen LogP contribution is -2.52. The summed E-state index contributed by atoms with van der Waals surface area (Å²) in [6.07, 6.45) is 2.23. The number of benzene rings is 2. The van der Waals surface area contributed by atoms with Crippen molar-refractivity contribution in [3.05, 3.63) is 71.2 Å². The number of ether oxygens (including phenoxy) is 1. The smallest absolute Gasteiger partial charge is 0.412 e. The Bertz CT molecular complexity index is 1250. The largest absolute Gasteiger partial charge is 0.444 e. The zero-order valence-corrected chi connectivity index (χ0v) is 21.3. The number of carbonyl (C=O) groups excluding carboxylic acids is 2. The molecule has 1 aromatic heterocycles. The van der Waals surface area contributed by atoms with Gasteiger partial charge in [0.15, 0.2) is 11.1 Å². The number of aryl methyl sites for hydroxylation is 1. The van der Waals surface area contributed by atoms with Crippen molar-refractivity contribution in [3.63, 3.8) is 0 Å². The molecule has 0 spiro atoms. The molecule has 9 nitrogen and oxygen atoms in total. The Morgan fingerprint density at radius 2 is 2.06 bits per heavy atom. The zero-order valence-electron chi connectivity index (χ0n) is 20.5. The molecule has 1 aliphatic rings. The Kier molecular flexibility index (Phi) is 7.25. The SMILES string of the molecule is CC(C)(C)OC(=O)Nc1cccc(CN2C(=O)C(N(C(=N)N)c3nccs3)CCc3ccccc32)c1. The lowest BCUT2D eigenvalue weighted by atomic mass is 10.1. The molecular weight excluding hydrogens is 476 g/mol. The van der Waals surface area contributed by atoms with E-state index in [0.29, 0.717) is 23.7 Å². The Labute approximate surface area is 214 Å². The summed E-state index contributed by atoms with van der Waals surface area (Å²) in [5.41, 5.74) is 8.59. The molecule has 0 aliphatic carbocycles. The van der Waals surface area contributed by atoms with Gasteiger partial charge in [0, 0.05) is 23.0 Å². The van der Waals surface area contributed by atoms with Crippen molar-refractivity contribution in [1.82, 2.24) is 4.98 Å². The maximum atomic E-state index is 14.0. The van der Waals surface area contributed by atoms with Crippen LogP contribution in [0.1, 0.15) is 38.3 Å². The van der Waals surface area contributed by atoms with Crippen LogP contribution in [0.3, 0.4) is 0 Å². The van der Waals surface area contributed by atoms with Crippen LogP contribution in [0.25, 0.3) is 0 Å². The minimum Gasteiger partial charge on any atom is -0.444 e. The highest BCUT2D eigenvalue weighted by Crippen LogP contribution is 2.32. The molecule has 188 valence electrons. The van der Waals surface area contributed by atoms with Crippen LogP contribution in [0.5, 0.6) is 0 Å². The van der Waals surface area contributed by atoms with Gasteiger partial charge in [0.2, 0.25) is 0 Å². The molecule has 0 fully saturated rings. The standard InChI is InChI=1S/C26H30N6O3S/c1-26(2,3)35-25(34)30-19-9-6-7-17(15-19)16-31-20-10-5-4-8-18(20)11-12-21(22(31)33)32(23(27)28)24-29-13-14-36-24/h4-10,13-15,21H,11-12,16H2,1-3H3,(H3,27,28)(H,30,34). The molecular formula is C26H30N6O3S. The number of hydrogen-bond donors (Lipinski definition) is 3. The summed E-state index contributed by atoms with van der Waals surface area (Å²) in [5.74, 6) is -0.395. The first-order valence-electron chi connectivity index (χ1n) is 11.6. The second kappa shape index (κ2) is 10.4. The summed E-state index contributed by atoms with van der Waals surface area (Å²) in [7, 11) is 0. The van der Waals surface area contributed by atoms with Gasteiger partial charge in [-0.25, -0.2) is 9.78 Å². The lowest BCUT2D eigenvalue weighted by molar-refractivity contribution is -0.119. The molecule has 2 aromatic carbocycles. The van der Waals surface area contributed by atoms with Gasteiger partial charge < -0.3 is 15.4 Å². The van der Waals surface area contributed by atoms with Crippen LogP contribution in [0.2, 0.25) is 0 Å². The van der Waals surface area contributed by atoms with Gasteiger partial charge in [-0.3, -0.25) is 20.4 Å². The monoisotopic (exact) mass is 506 g/mol. The van der Waals surface area contributed by atoms with E-state index in [2.05, 4.69) is 10.3 Å². The normalized spacial score (nSPS) is 15.6. The second-order valence-corrected chi connectivity index (χ2v) is 10.4. The highest BCUT2D eigenvalue weighted by atomic mass is 32.1. The third-order valence-corrected chi connectivity index (χ3v) is 6.40. The van der Waals surface area contributed by atoms with Crippen LogP contribution >= 0.6 is 11.3 Å². The molecule has 1 atom stereocenters. The molecule has 1 aliphatic heterocycles. The summed E-state index contributed by atoms with van der Waals surface area (Å²) in [6, 6.07) is 14.5. The molecule has 2 heterocycles. The second-order valence-electron chi connectivity index (χ2n) is 9.50. The maximum Gasteiger partial charge on any atom is 0.412 e. The molecule has 0 saturated carbocycles. The molecule has 0 radical (unpaired) electrons. The first-order chi connectivity index (χ1) is 17.1. The van der Waals surface area contributed by atoms with E-state index < -0.39 is 17.7 Å². The lowest BCUT2D eigenvalue weighted by Gasteiger charge is -2.32. The van der Waals surface area contributed by atoms with E-state index in [1.54, 1.807) is 43.3 Å². The van der Waals surface area contributed by atoms with Crippen LogP contribution in [0.15, 0.2) is 60.1 Å². The predicted octanol–water partition coefficient (Wildman–Crippen LogP) is 4.74.